The molecule has 1 N–H and O–H groups in total. The Morgan fingerprint density at radius 3 is 2.95 bits per heavy atom. The fourth-order valence-corrected chi connectivity index (χ4v) is 3.53. The van der Waals surface area contributed by atoms with Crippen LogP contribution >= 0.6 is 0 Å². The number of aromatic nitrogens is 1. The molecule has 21 heavy (non-hydrogen) atoms. The van der Waals surface area contributed by atoms with E-state index in [2.05, 4.69) is 9.88 Å². The highest BCUT2D eigenvalue weighted by molar-refractivity contribution is 7.89. The number of nitrogens with one attached hydrogen (secondary N) is 1. The first-order valence-electron chi connectivity index (χ1n) is 6.69. The predicted octanol–water partition coefficient (Wildman–Crippen LogP) is 1.70. The Hall–Kier alpha value is -1.64. The van der Waals surface area contributed by atoms with Gasteiger partial charge in [-0.2, -0.15) is 0 Å². The molecule has 0 aromatic carbocycles. The monoisotopic (exact) mass is 312 g/mol. The van der Waals surface area contributed by atoms with Crippen LogP contribution in [0.4, 0.5) is 0 Å². The minimum absolute atomic E-state index is 0.0549. The highest BCUT2D eigenvalue weighted by Gasteiger charge is 2.25. The number of aryl methyl sites for hydroxylation is 1. The number of hydrogen-bond donors (Lipinski definition) is 1. The average Bonchev–Trinajstić information content (AvgIpc) is 3.18. The van der Waals surface area contributed by atoms with Crippen molar-refractivity contribution in [2.45, 2.75) is 30.8 Å². The van der Waals surface area contributed by atoms with Gasteiger partial charge in [0.2, 0.25) is 15.8 Å². The van der Waals surface area contributed by atoms with Gasteiger partial charge < -0.3 is 13.7 Å². The van der Waals surface area contributed by atoms with Crippen molar-refractivity contribution in [2.75, 3.05) is 13.2 Å². The molecule has 1 saturated heterocycles. The number of sulfonamides is 1. The Labute approximate surface area is 122 Å². The van der Waals surface area contributed by atoms with Gasteiger partial charge in [0.05, 0.1) is 12.3 Å². The Bertz CT molecular complexity index is 699. The highest BCUT2D eigenvalue weighted by atomic mass is 32.2. The van der Waals surface area contributed by atoms with Gasteiger partial charge in [-0.05, 0) is 19.8 Å². The third kappa shape index (κ3) is 3.02. The van der Waals surface area contributed by atoms with Gasteiger partial charge in [0.25, 0.3) is 0 Å². The maximum atomic E-state index is 12.3. The maximum Gasteiger partial charge on any atom is 0.244 e. The molecule has 0 radical (unpaired) electrons. The summed E-state index contributed by atoms with van der Waals surface area (Å²) in [5.74, 6) is 1.03. The van der Waals surface area contributed by atoms with Gasteiger partial charge in [-0.1, -0.05) is 5.16 Å². The molecule has 3 rings (SSSR count). The molecule has 0 saturated carbocycles. The summed E-state index contributed by atoms with van der Waals surface area (Å²) >= 11 is 0. The molecular weight excluding hydrogens is 296 g/mol. The SMILES string of the molecule is Cc1oc(-c2ccno2)cc1S(=O)(=O)NCC1CCCO1. The summed E-state index contributed by atoms with van der Waals surface area (Å²) in [5, 5.41) is 3.57. The zero-order chi connectivity index (χ0) is 14.9. The maximum absolute atomic E-state index is 12.3. The van der Waals surface area contributed by atoms with Gasteiger partial charge in [-0.3, -0.25) is 0 Å². The Morgan fingerprint density at radius 2 is 2.29 bits per heavy atom. The second kappa shape index (κ2) is 5.63. The topological polar surface area (TPSA) is 94.6 Å². The van der Waals surface area contributed by atoms with Crippen LogP contribution < -0.4 is 4.72 Å². The van der Waals surface area contributed by atoms with Crippen molar-refractivity contribution in [2.24, 2.45) is 0 Å². The molecule has 1 aliphatic rings. The summed E-state index contributed by atoms with van der Waals surface area (Å²) in [5.41, 5.74) is 0. The van der Waals surface area contributed by atoms with E-state index >= 15 is 0 Å². The molecular formula is C13H16N2O5S. The largest absolute Gasteiger partial charge is 0.457 e. The lowest BCUT2D eigenvalue weighted by atomic mass is 10.2. The lowest BCUT2D eigenvalue weighted by Gasteiger charge is -2.10. The Morgan fingerprint density at radius 1 is 1.43 bits per heavy atom. The third-order valence-electron chi connectivity index (χ3n) is 3.37. The van der Waals surface area contributed by atoms with Crippen molar-refractivity contribution in [1.29, 1.82) is 0 Å². The fourth-order valence-electron chi connectivity index (χ4n) is 2.28. The second-order valence-electron chi connectivity index (χ2n) is 4.89. The summed E-state index contributed by atoms with van der Waals surface area (Å²) in [7, 11) is -3.63. The van der Waals surface area contributed by atoms with E-state index in [0.717, 1.165) is 12.8 Å². The average molecular weight is 312 g/mol. The van der Waals surface area contributed by atoms with E-state index in [9.17, 15) is 8.42 Å². The highest BCUT2D eigenvalue weighted by Crippen LogP contribution is 2.27. The van der Waals surface area contributed by atoms with E-state index in [1.54, 1.807) is 13.0 Å². The van der Waals surface area contributed by atoms with E-state index in [0.29, 0.717) is 23.9 Å². The molecule has 1 aliphatic heterocycles. The van der Waals surface area contributed by atoms with Crippen LogP contribution in [-0.4, -0.2) is 32.8 Å². The van der Waals surface area contributed by atoms with E-state index in [1.807, 2.05) is 0 Å². The van der Waals surface area contributed by atoms with Crippen LogP contribution in [0.1, 0.15) is 18.6 Å². The minimum atomic E-state index is -3.63. The number of hydrogen-bond acceptors (Lipinski definition) is 6. The zero-order valence-electron chi connectivity index (χ0n) is 11.5. The van der Waals surface area contributed by atoms with Gasteiger partial charge in [0, 0.05) is 25.3 Å². The number of ether oxygens (including phenoxy) is 1. The fraction of sp³-hybridized carbons (Fsp3) is 0.462. The summed E-state index contributed by atoms with van der Waals surface area (Å²) in [6.07, 6.45) is 3.25. The van der Waals surface area contributed by atoms with Crippen LogP contribution in [0.2, 0.25) is 0 Å². The van der Waals surface area contributed by atoms with Crippen molar-refractivity contribution in [1.82, 2.24) is 9.88 Å². The van der Waals surface area contributed by atoms with Crippen LogP contribution in [0.25, 0.3) is 11.5 Å². The standard InChI is InChI=1S/C13H16N2O5S/c1-9-13(7-12(19-9)11-4-5-14-20-11)21(16,17)15-8-10-3-2-6-18-10/h4-5,7,10,15H,2-3,6,8H2,1H3. The molecule has 1 fully saturated rings. The lowest BCUT2D eigenvalue weighted by Crippen LogP contribution is -2.31. The number of furan rings is 1. The van der Waals surface area contributed by atoms with E-state index in [-0.39, 0.29) is 17.5 Å². The molecule has 0 amide bonds. The van der Waals surface area contributed by atoms with E-state index < -0.39 is 10.0 Å². The van der Waals surface area contributed by atoms with Gasteiger partial charge in [-0.15, -0.1) is 0 Å². The quantitative estimate of drug-likeness (QED) is 0.903. The molecule has 2 aromatic rings. The van der Waals surface area contributed by atoms with E-state index in [4.69, 9.17) is 13.7 Å². The van der Waals surface area contributed by atoms with Gasteiger partial charge >= 0.3 is 0 Å². The van der Waals surface area contributed by atoms with Crippen LogP contribution in [0.3, 0.4) is 0 Å². The molecule has 7 nitrogen and oxygen atoms in total. The van der Waals surface area contributed by atoms with Crippen LogP contribution in [0, 0.1) is 6.92 Å². The smallest absolute Gasteiger partial charge is 0.244 e. The third-order valence-corrected chi connectivity index (χ3v) is 4.90. The molecule has 3 heterocycles. The second-order valence-corrected chi connectivity index (χ2v) is 6.63. The van der Waals surface area contributed by atoms with Crippen LogP contribution in [0.15, 0.2) is 32.2 Å². The normalized spacial score (nSPS) is 19.2. The summed E-state index contributed by atoms with van der Waals surface area (Å²) < 4.78 is 43.0. The first kappa shape index (κ1) is 14.3. The first-order valence-corrected chi connectivity index (χ1v) is 8.17. The molecule has 1 unspecified atom stereocenters. The molecule has 0 spiro atoms. The Kier molecular flexibility index (Phi) is 3.83. The molecule has 0 bridgehead atoms. The lowest BCUT2D eigenvalue weighted by molar-refractivity contribution is 0.114. The molecule has 114 valence electrons. The minimum Gasteiger partial charge on any atom is -0.457 e. The predicted molar refractivity (Wildman–Crippen MR) is 73.1 cm³/mol. The molecule has 1 atom stereocenters. The van der Waals surface area contributed by atoms with Gasteiger partial charge in [-0.25, -0.2) is 13.1 Å². The zero-order valence-corrected chi connectivity index (χ0v) is 12.4. The van der Waals surface area contributed by atoms with Crippen LogP contribution in [-0.2, 0) is 14.8 Å². The molecule has 2 aromatic heterocycles. The van der Waals surface area contributed by atoms with Crippen molar-refractivity contribution in [3.05, 3.63) is 24.1 Å². The Balaban J connectivity index is 1.78. The van der Waals surface area contributed by atoms with Crippen molar-refractivity contribution in [3.8, 4) is 11.5 Å². The van der Waals surface area contributed by atoms with Crippen molar-refractivity contribution < 1.29 is 22.1 Å². The molecule has 8 heteroatoms. The summed E-state index contributed by atoms with van der Waals surface area (Å²) in [4.78, 5) is 0.104. The number of rotatable bonds is 5. The van der Waals surface area contributed by atoms with Crippen LogP contribution in [0.5, 0.6) is 0 Å². The van der Waals surface area contributed by atoms with Gasteiger partial charge in [0.15, 0.2) is 5.76 Å². The van der Waals surface area contributed by atoms with E-state index in [1.165, 1.54) is 12.3 Å². The van der Waals surface area contributed by atoms with Gasteiger partial charge in [0.1, 0.15) is 10.7 Å². The van der Waals surface area contributed by atoms with Crippen molar-refractivity contribution in [3.63, 3.8) is 0 Å². The molecule has 0 aliphatic carbocycles. The number of nitrogens with zero attached hydrogens (tertiary/aromatic N) is 1. The summed E-state index contributed by atoms with van der Waals surface area (Å²) in [6, 6.07) is 3.04. The first-order chi connectivity index (χ1) is 10.1. The summed E-state index contributed by atoms with van der Waals surface area (Å²) in [6.45, 7) is 2.55. The van der Waals surface area contributed by atoms with Crippen molar-refractivity contribution >= 4 is 10.0 Å².